The van der Waals surface area contributed by atoms with Crippen LogP contribution >= 0.6 is 15.9 Å². The highest BCUT2D eigenvalue weighted by Gasteiger charge is 2.08. The molecule has 2 rings (SSSR count). The van der Waals surface area contributed by atoms with Crippen molar-refractivity contribution >= 4 is 33.8 Å². The van der Waals surface area contributed by atoms with Crippen LogP contribution in [0.4, 0.5) is 10.1 Å². The first-order valence-electron chi connectivity index (χ1n) is 5.41. The summed E-state index contributed by atoms with van der Waals surface area (Å²) in [6.45, 7) is 0. The quantitative estimate of drug-likeness (QED) is 0.877. The summed E-state index contributed by atoms with van der Waals surface area (Å²) in [4.78, 5) is 22.4. The molecule has 2 aromatic carbocycles. The van der Waals surface area contributed by atoms with Crippen molar-refractivity contribution in [1.29, 1.82) is 0 Å². The van der Waals surface area contributed by atoms with E-state index in [1.165, 1.54) is 12.1 Å². The van der Waals surface area contributed by atoms with Crippen LogP contribution in [0.5, 0.6) is 0 Å². The highest BCUT2D eigenvalue weighted by Crippen LogP contribution is 2.16. The molecule has 0 saturated carbocycles. The average Bonchev–Trinajstić information content (AvgIpc) is 2.38. The largest absolute Gasteiger partial charge is 0.322 e. The molecule has 0 fully saturated rings. The zero-order chi connectivity index (χ0) is 13.8. The molecule has 0 radical (unpaired) electrons. The van der Waals surface area contributed by atoms with Gasteiger partial charge in [-0.15, -0.1) is 0 Å². The van der Waals surface area contributed by atoms with Gasteiger partial charge in [0.2, 0.25) is 0 Å². The van der Waals surface area contributed by atoms with E-state index in [2.05, 4.69) is 21.2 Å². The molecular weight excluding hydrogens is 313 g/mol. The lowest BCUT2D eigenvalue weighted by Crippen LogP contribution is -2.12. The lowest BCUT2D eigenvalue weighted by atomic mass is 10.2. The van der Waals surface area contributed by atoms with Gasteiger partial charge >= 0.3 is 0 Å². The molecule has 0 heterocycles. The highest BCUT2D eigenvalue weighted by atomic mass is 79.9. The molecule has 19 heavy (non-hydrogen) atoms. The Balaban J connectivity index is 2.17. The van der Waals surface area contributed by atoms with Crippen molar-refractivity contribution in [1.82, 2.24) is 0 Å². The van der Waals surface area contributed by atoms with Gasteiger partial charge in [-0.3, -0.25) is 9.59 Å². The fourth-order valence-corrected chi connectivity index (χ4v) is 2.00. The predicted molar refractivity (Wildman–Crippen MR) is 73.9 cm³/mol. The summed E-state index contributed by atoms with van der Waals surface area (Å²) in [5, 5.41) is 2.62. The van der Waals surface area contributed by atoms with Gasteiger partial charge in [0.1, 0.15) is 12.1 Å². The van der Waals surface area contributed by atoms with Crippen LogP contribution in [-0.2, 0) is 0 Å². The number of rotatable bonds is 3. The summed E-state index contributed by atoms with van der Waals surface area (Å²) < 4.78 is 13.7. The summed E-state index contributed by atoms with van der Waals surface area (Å²) in [7, 11) is 0. The number of hydrogen-bond acceptors (Lipinski definition) is 2. The van der Waals surface area contributed by atoms with E-state index in [0.29, 0.717) is 15.7 Å². The van der Waals surface area contributed by atoms with Crippen LogP contribution in [0, 0.1) is 5.82 Å². The monoisotopic (exact) mass is 321 g/mol. The first-order valence-corrected chi connectivity index (χ1v) is 6.20. The van der Waals surface area contributed by atoms with Gasteiger partial charge in [-0.2, -0.15) is 0 Å². The van der Waals surface area contributed by atoms with Gasteiger partial charge in [-0.05, 0) is 42.5 Å². The fraction of sp³-hybridized carbons (Fsp3) is 0. The average molecular weight is 322 g/mol. The molecular formula is C14H9BrFNO2. The molecule has 0 saturated heterocycles. The van der Waals surface area contributed by atoms with Crippen LogP contribution < -0.4 is 5.32 Å². The molecule has 96 valence electrons. The highest BCUT2D eigenvalue weighted by molar-refractivity contribution is 9.10. The summed E-state index contributed by atoms with van der Waals surface area (Å²) in [5.74, 6) is -0.908. The second kappa shape index (κ2) is 5.75. The molecule has 0 aliphatic carbocycles. The van der Waals surface area contributed by atoms with Crippen molar-refractivity contribution < 1.29 is 14.0 Å². The number of carbonyl (C=O) groups excluding carboxylic acids is 2. The molecule has 3 nitrogen and oxygen atoms in total. The van der Waals surface area contributed by atoms with E-state index >= 15 is 0 Å². The van der Waals surface area contributed by atoms with Crippen LogP contribution in [0.2, 0.25) is 0 Å². The lowest BCUT2D eigenvalue weighted by Gasteiger charge is -2.06. The first kappa shape index (κ1) is 13.4. The smallest absolute Gasteiger partial charge is 0.255 e. The van der Waals surface area contributed by atoms with E-state index in [-0.39, 0.29) is 5.56 Å². The SMILES string of the molecule is O=Cc1ccc(NC(=O)c2cc(F)cc(Br)c2)cc1. The Morgan fingerprint density at radius 3 is 2.42 bits per heavy atom. The van der Waals surface area contributed by atoms with E-state index in [4.69, 9.17) is 0 Å². The molecule has 2 aromatic rings. The van der Waals surface area contributed by atoms with Crippen LogP contribution in [0.1, 0.15) is 20.7 Å². The standard InChI is InChI=1S/C14H9BrFNO2/c15-11-5-10(6-12(16)7-11)14(19)17-13-3-1-9(8-18)2-4-13/h1-8H,(H,17,19). The maximum atomic E-state index is 13.2. The Hall–Kier alpha value is -2.01. The second-order valence-corrected chi connectivity index (χ2v) is 4.77. The molecule has 0 spiro atoms. The predicted octanol–water partition coefficient (Wildman–Crippen LogP) is 3.65. The van der Waals surface area contributed by atoms with Crippen molar-refractivity contribution in [2.24, 2.45) is 0 Å². The zero-order valence-corrected chi connectivity index (χ0v) is 11.3. The Kier molecular flexibility index (Phi) is 4.06. The molecule has 0 bridgehead atoms. The first-order chi connectivity index (χ1) is 9.08. The van der Waals surface area contributed by atoms with Crippen molar-refractivity contribution in [2.45, 2.75) is 0 Å². The van der Waals surface area contributed by atoms with E-state index in [1.807, 2.05) is 0 Å². The Labute approximate surface area is 117 Å². The van der Waals surface area contributed by atoms with Crippen molar-refractivity contribution in [3.8, 4) is 0 Å². The topological polar surface area (TPSA) is 46.2 Å². The normalized spacial score (nSPS) is 10.0. The van der Waals surface area contributed by atoms with Crippen LogP contribution in [0.15, 0.2) is 46.9 Å². The third-order valence-corrected chi connectivity index (χ3v) is 2.89. The van der Waals surface area contributed by atoms with Gasteiger partial charge in [0, 0.05) is 21.3 Å². The molecule has 1 amide bonds. The second-order valence-electron chi connectivity index (χ2n) is 3.85. The Morgan fingerprint density at radius 2 is 1.84 bits per heavy atom. The fourth-order valence-electron chi connectivity index (χ4n) is 1.53. The number of benzene rings is 2. The lowest BCUT2D eigenvalue weighted by molar-refractivity contribution is 0.102. The number of nitrogens with one attached hydrogen (secondary N) is 1. The summed E-state index contributed by atoms with van der Waals surface area (Å²) in [6.07, 6.45) is 0.718. The number of carbonyl (C=O) groups is 2. The minimum Gasteiger partial charge on any atom is -0.322 e. The third kappa shape index (κ3) is 3.48. The summed E-state index contributed by atoms with van der Waals surface area (Å²) >= 11 is 3.13. The maximum absolute atomic E-state index is 13.2. The number of halogens is 2. The third-order valence-electron chi connectivity index (χ3n) is 2.43. The van der Waals surface area contributed by atoms with E-state index < -0.39 is 11.7 Å². The van der Waals surface area contributed by atoms with Crippen molar-refractivity contribution in [3.63, 3.8) is 0 Å². The number of hydrogen-bond donors (Lipinski definition) is 1. The van der Waals surface area contributed by atoms with E-state index in [9.17, 15) is 14.0 Å². The molecule has 0 aliphatic heterocycles. The van der Waals surface area contributed by atoms with Crippen LogP contribution in [-0.4, -0.2) is 12.2 Å². The molecule has 0 aliphatic rings. The van der Waals surface area contributed by atoms with E-state index in [0.717, 1.165) is 12.4 Å². The number of aldehydes is 1. The van der Waals surface area contributed by atoms with Gasteiger partial charge in [-0.25, -0.2) is 4.39 Å². The molecule has 1 N–H and O–H groups in total. The number of anilines is 1. The minimum absolute atomic E-state index is 0.214. The Morgan fingerprint density at radius 1 is 1.16 bits per heavy atom. The van der Waals surface area contributed by atoms with Crippen LogP contribution in [0.25, 0.3) is 0 Å². The molecule has 5 heteroatoms. The van der Waals surface area contributed by atoms with E-state index in [1.54, 1.807) is 24.3 Å². The van der Waals surface area contributed by atoms with Crippen molar-refractivity contribution in [3.05, 3.63) is 63.9 Å². The minimum atomic E-state index is -0.490. The molecule has 0 aromatic heterocycles. The van der Waals surface area contributed by atoms with Gasteiger partial charge in [0.05, 0.1) is 0 Å². The van der Waals surface area contributed by atoms with Gasteiger partial charge < -0.3 is 5.32 Å². The number of amides is 1. The van der Waals surface area contributed by atoms with Gasteiger partial charge in [-0.1, -0.05) is 15.9 Å². The Bertz CT molecular complexity index is 606. The summed E-state index contributed by atoms with van der Waals surface area (Å²) in [6, 6.07) is 10.3. The van der Waals surface area contributed by atoms with Crippen molar-refractivity contribution in [2.75, 3.05) is 5.32 Å². The van der Waals surface area contributed by atoms with Gasteiger partial charge in [0.25, 0.3) is 5.91 Å². The molecule has 0 unspecified atom stereocenters. The van der Waals surface area contributed by atoms with Crippen LogP contribution in [0.3, 0.4) is 0 Å². The summed E-state index contributed by atoms with van der Waals surface area (Å²) in [5.41, 5.74) is 1.27. The maximum Gasteiger partial charge on any atom is 0.255 e. The zero-order valence-electron chi connectivity index (χ0n) is 9.69. The molecule has 0 atom stereocenters. The van der Waals surface area contributed by atoms with Gasteiger partial charge in [0.15, 0.2) is 0 Å².